The molecular weight excluding hydrogens is 304 g/mol. The van der Waals surface area contributed by atoms with Crippen molar-refractivity contribution in [3.05, 3.63) is 35.5 Å². The van der Waals surface area contributed by atoms with Gasteiger partial charge in [-0.1, -0.05) is 18.2 Å². The molecule has 1 aliphatic carbocycles. The Morgan fingerprint density at radius 2 is 2.00 bits per heavy atom. The second-order valence-corrected chi connectivity index (χ2v) is 7.42. The van der Waals surface area contributed by atoms with Crippen LogP contribution in [0.5, 0.6) is 0 Å². The first-order chi connectivity index (χ1) is 11.3. The van der Waals surface area contributed by atoms with Gasteiger partial charge in [-0.25, -0.2) is 4.79 Å². The van der Waals surface area contributed by atoms with Gasteiger partial charge in [-0.3, -0.25) is 4.79 Å². The van der Waals surface area contributed by atoms with Gasteiger partial charge in [-0.2, -0.15) is 0 Å². The highest BCUT2D eigenvalue weighted by atomic mass is 16.6. The number of rotatable bonds is 3. The lowest BCUT2D eigenvalue weighted by atomic mass is 10.1. The van der Waals surface area contributed by atoms with Crippen LogP contribution < -0.4 is 5.32 Å². The smallest absolute Gasteiger partial charge is 0.407 e. The van der Waals surface area contributed by atoms with Crippen molar-refractivity contribution in [3.63, 3.8) is 0 Å². The lowest BCUT2D eigenvalue weighted by molar-refractivity contribution is 0.0504. The zero-order chi connectivity index (χ0) is 17.5. The van der Waals surface area contributed by atoms with Crippen molar-refractivity contribution in [2.75, 3.05) is 0 Å². The minimum atomic E-state index is -0.516. The second-order valence-electron chi connectivity index (χ2n) is 7.42. The standard InChI is InChI=1S/C19H24N2O3/c1-12(20-18(23)24-19(2,3)4)11-21-14-8-6-5-7-13(14)17-15(21)9-10-16(17)22/h5-8,12H,9-11H2,1-4H3,(H,20,23). The van der Waals surface area contributed by atoms with Crippen molar-refractivity contribution in [1.82, 2.24) is 9.88 Å². The molecule has 1 heterocycles. The van der Waals surface area contributed by atoms with Crippen LogP contribution in [0.4, 0.5) is 4.79 Å². The van der Waals surface area contributed by atoms with Gasteiger partial charge in [0.05, 0.1) is 0 Å². The van der Waals surface area contributed by atoms with E-state index in [9.17, 15) is 9.59 Å². The molecule has 3 rings (SSSR count). The Kier molecular flexibility index (Phi) is 4.11. The number of hydrogen-bond donors (Lipinski definition) is 1. The molecule has 5 heteroatoms. The molecular formula is C19H24N2O3. The first-order valence-corrected chi connectivity index (χ1v) is 8.39. The minimum absolute atomic E-state index is 0.101. The molecule has 1 atom stereocenters. The Morgan fingerprint density at radius 3 is 2.71 bits per heavy atom. The zero-order valence-electron chi connectivity index (χ0n) is 14.7. The van der Waals surface area contributed by atoms with Gasteiger partial charge in [0.2, 0.25) is 0 Å². The number of alkyl carbamates (subject to hydrolysis) is 1. The molecule has 1 N–H and O–H groups in total. The normalized spacial score (nSPS) is 15.4. The molecule has 1 aliphatic rings. The Labute approximate surface area is 142 Å². The van der Waals surface area contributed by atoms with Crippen molar-refractivity contribution in [3.8, 4) is 0 Å². The van der Waals surface area contributed by atoms with E-state index in [4.69, 9.17) is 4.74 Å². The first kappa shape index (κ1) is 16.6. The molecule has 1 aromatic heterocycles. The van der Waals surface area contributed by atoms with Crippen LogP contribution in [-0.4, -0.2) is 28.1 Å². The molecule has 0 saturated carbocycles. The fraction of sp³-hybridized carbons (Fsp3) is 0.474. The van der Waals surface area contributed by atoms with Crippen molar-refractivity contribution in [1.29, 1.82) is 0 Å². The minimum Gasteiger partial charge on any atom is -0.444 e. The molecule has 1 amide bonds. The summed E-state index contributed by atoms with van der Waals surface area (Å²) < 4.78 is 7.48. The molecule has 0 fully saturated rings. The maximum absolute atomic E-state index is 12.2. The van der Waals surface area contributed by atoms with Crippen LogP contribution in [0.3, 0.4) is 0 Å². The number of nitrogens with one attached hydrogen (secondary N) is 1. The summed E-state index contributed by atoms with van der Waals surface area (Å²) >= 11 is 0. The number of fused-ring (bicyclic) bond motifs is 3. The molecule has 0 aliphatic heterocycles. The number of ether oxygens (including phenoxy) is 1. The van der Waals surface area contributed by atoms with Crippen LogP contribution in [0, 0.1) is 0 Å². The van der Waals surface area contributed by atoms with Crippen molar-refractivity contribution in [2.24, 2.45) is 0 Å². The number of benzene rings is 1. The zero-order valence-corrected chi connectivity index (χ0v) is 14.7. The molecule has 2 aromatic rings. The molecule has 0 spiro atoms. The van der Waals surface area contributed by atoms with Gasteiger partial charge in [-0.05, 0) is 40.2 Å². The number of amides is 1. The summed E-state index contributed by atoms with van der Waals surface area (Å²) in [6.07, 6.45) is 0.921. The SMILES string of the molecule is CC(Cn1c2c(c3ccccc31)C(=O)CC2)NC(=O)OC(C)(C)C. The highest BCUT2D eigenvalue weighted by molar-refractivity contribution is 6.11. The third kappa shape index (κ3) is 3.16. The number of nitrogens with zero attached hydrogens (tertiary/aromatic N) is 1. The van der Waals surface area contributed by atoms with E-state index >= 15 is 0 Å². The summed E-state index contributed by atoms with van der Waals surface area (Å²) in [4.78, 5) is 24.2. The predicted octanol–water partition coefficient (Wildman–Crippen LogP) is 3.68. The Balaban J connectivity index is 1.83. The van der Waals surface area contributed by atoms with Crippen LogP contribution in [0.2, 0.25) is 0 Å². The molecule has 24 heavy (non-hydrogen) atoms. The van der Waals surface area contributed by atoms with E-state index in [1.165, 1.54) is 0 Å². The average Bonchev–Trinajstić information content (AvgIpc) is 2.97. The van der Waals surface area contributed by atoms with Crippen molar-refractivity contribution >= 4 is 22.8 Å². The van der Waals surface area contributed by atoms with Gasteiger partial charge >= 0.3 is 6.09 Å². The topological polar surface area (TPSA) is 60.3 Å². The molecule has 128 valence electrons. The van der Waals surface area contributed by atoms with E-state index in [0.29, 0.717) is 13.0 Å². The highest BCUT2D eigenvalue weighted by Crippen LogP contribution is 2.33. The summed E-state index contributed by atoms with van der Waals surface area (Å²) in [7, 11) is 0. The maximum Gasteiger partial charge on any atom is 0.407 e. The fourth-order valence-electron chi connectivity index (χ4n) is 3.32. The van der Waals surface area contributed by atoms with E-state index in [-0.39, 0.29) is 11.8 Å². The number of para-hydroxylation sites is 1. The fourth-order valence-corrected chi connectivity index (χ4v) is 3.32. The summed E-state index contributed by atoms with van der Waals surface area (Å²) in [6, 6.07) is 7.86. The van der Waals surface area contributed by atoms with E-state index in [2.05, 4.69) is 9.88 Å². The lowest BCUT2D eigenvalue weighted by Crippen LogP contribution is -2.39. The lowest BCUT2D eigenvalue weighted by Gasteiger charge is -2.22. The molecule has 0 radical (unpaired) electrons. The van der Waals surface area contributed by atoms with Crippen LogP contribution in [-0.2, 0) is 17.7 Å². The van der Waals surface area contributed by atoms with Crippen LogP contribution in [0.25, 0.3) is 10.9 Å². The summed E-state index contributed by atoms with van der Waals surface area (Å²) in [5, 5.41) is 3.89. The summed E-state index contributed by atoms with van der Waals surface area (Å²) in [5.41, 5.74) is 2.47. The number of aromatic nitrogens is 1. The second kappa shape index (κ2) is 5.96. The number of carbonyl (C=O) groups excluding carboxylic acids is 2. The molecule has 0 bridgehead atoms. The summed E-state index contributed by atoms with van der Waals surface area (Å²) in [6.45, 7) is 8.09. The number of ketones is 1. The quantitative estimate of drug-likeness (QED) is 0.935. The molecule has 1 unspecified atom stereocenters. The molecule has 5 nitrogen and oxygen atoms in total. The summed E-state index contributed by atoms with van der Waals surface area (Å²) in [5.74, 6) is 0.215. The molecule has 1 aromatic carbocycles. The highest BCUT2D eigenvalue weighted by Gasteiger charge is 2.28. The Hall–Kier alpha value is -2.30. The number of hydrogen-bond acceptors (Lipinski definition) is 3. The predicted molar refractivity (Wildman–Crippen MR) is 93.4 cm³/mol. The largest absolute Gasteiger partial charge is 0.444 e. The number of Topliss-reactive ketones (excluding diaryl/α,β-unsaturated/α-hetero) is 1. The maximum atomic E-state index is 12.2. The van der Waals surface area contributed by atoms with Gasteiger partial charge in [0.15, 0.2) is 5.78 Å². The van der Waals surface area contributed by atoms with Crippen LogP contribution >= 0.6 is 0 Å². The van der Waals surface area contributed by atoms with Crippen LogP contribution in [0.1, 0.15) is 50.2 Å². The van der Waals surface area contributed by atoms with Gasteiger partial charge in [-0.15, -0.1) is 0 Å². The van der Waals surface area contributed by atoms with E-state index in [1.54, 1.807) is 0 Å². The van der Waals surface area contributed by atoms with E-state index in [0.717, 1.165) is 28.6 Å². The van der Waals surface area contributed by atoms with Crippen LogP contribution in [0.15, 0.2) is 24.3 Å². The molecule has 0 saturated heterocycles. The Morgan fingerprint density at radius 1 is 1.29 bits per heavy atom. The van der Waals surface area contributed by atoms with E-state index < -0.39 is 11.7 Å². The number of carbonyl (C=O) groups is 2. The van der Waals surface area contributed by atoms with Gasteiger partial charge < -0.3 is 14.6 Å². The van der Waals surface area contributed by atoms with Gasteiger partial charge in [0.1, 0.15) is 5.60 Å². The third-order valence-corrected chi connectivity index (χ3v) is 4.17. The third-order valence-electron chi connectivity index (χ3n) is 4.17. The average molecular weight is 328 g/mol. The monoisotopic (exact) mass is 328 g/mol. The van der Waals surface area contributed by atoms with Gasteiger partial charge in [0.25, 0.3) is 0 Å². The Bertz CT molecular complexity index is 799. The first-order valence-electron chi connectivity index (χ1n) is 8.39. The van der Waals surface area contributed by atoms with Crippen molar-refractivity contribution < 1.29 is 14.3 Å². The van der Waals surface area contributed by atoms with Gasteiger partial charge in [0, 0.05) is 41.2 Å². The van der Waals surface area contributed by atoms with E-state index in [1.807, 2.05) is 52.0 Å². The van der Waals surface area contributed by atoms with Crippen molar-refractivity contribution in [2.45, 2.75) is 58.7 Å².